The maximum absolute atomic E-state index is 5.89. The van der Waals surface area contributed by atoms with E-state index < -0.39 is 0 Å². The molecule has 7 heteroatoms. The smallest absolute Gasteiger partial charge is 0.235 e. The summed E-state index contributed by atoms with van der Waals surface area (Å²) in [7, 11) is 0. The van der Waals surface area contributed by atoms with Gasteiger partial charge in [-0.2, -0.15) is 4.52 Å². The lowest BCUT2D eigenvalue weighted by Crippen LogP contribution is -2.08. The van der Waals surface area contributed by atoms with Crippen molar-refractivity contribution in [2.45, 2.75) is 31.3 Å². The van der Waals surface area contributed by atoms with Gasteiger partial charge in [0.15, 0.2) is 16.6 Å². The first kappa shape index (κ1) is 14.7. The summed E-state index contributed by atoms with van der Waals surface area (Å²) in [5, 5.41) is 15.0. The van der Waals surface area contributed by atoms with E-state index >= 15 is 0 Å². The molecule has 0 fully saturated rings. The molecule has 118 valence electrons. The van der Waals surface area contributed by atoms with Gasteiger partial charge in [0.2, 0.25) is 4.96 Å². The van der Waals surface area contributed by atoms with Crippen molar-refractivity contribution in [2.75, 3.05) is 0 Å². The zero-order valence-electron chi connectivity index (χ0n) is 13.1. The minimum atomic E-state index is 0.184. The molecule has 0 amide bonds. The van der Waals surface area contributed by atoms with Crippen LogP contribution in [0.3, 0.4) is 0 Å². The second-order valence-electron chi connectivity index (χ2n) is 6.27. The van der Waals surface area contributed by atoms with Gasteiger partial charge in [-0.25, -0.2) is 0 Å². The zero-order chi connectivity index (χ0) is 16.0. The molecule has 23 heavy (non-hydrogen) atoms. The number of furan rings is 1. The molecule has 0 saturated heterocycles. The average Bonchev–Trinajstić information content (AvgIpc) is 3.17. The molecule has 0 N–H and O–H groups in total. The Balaban J connectivity index is 1.70. The van der Waals surface area contributed by atoms with Crippen molar-refractivity contribution in [3.63, 3.8) is 0 Å². The van der Waals surface area contributed by atoms with Crippen molar-refractivity contribution >= 4 is 39.0 Å². The van der Waals surface area contributed by atoms with Gasteiger partial charge in [0.1, 0.15) is 5.58 Å². The van der Waals surface area contributed by atoms with Gasteiger partial charge in [0.05, 0.1) is 5.75 Å². The van der Waals surface area contributed by atoms with Crippen LogP contribution in [0.1, 0.15) is 26.6 Å². The van der Waals surface area contributed by atoms with Crippen molar-refractivity contribution in [1.82, 2.24) is 19.8 Å². The van der Waals surface area contributed by atoms with Crippen LogP contribution in [0, 0.1) is 0 Å². The topological polar surface area (TPSA) is 56.2 Å². The molecule has 3 heterocycles. The number of hydrogen-bond donors (Lipinski definition) is 0. The summed E-state index contributed by atoms with van der Waals surface area (Å²) in [5.41, 5.74) is 0.872. The molecule has 0 unspecified atom stereocenters. The van der Waals surface area contributed by atoms with Gasteiger partial charge in [0.25, 0.3) is 0 Å². The van der Waals surface area contributed by atoms with Crippen LogP contribution in [0.2, 0.25) is 0 Å². The number of benzene rings is 1. The Labute approximate surface area is 141 Å². The van der Waals surface area contributed by atoms with Crippen molar-refractivity contribution < 1.29 is 4.42 Å². The summed E-state index contributed by atoms with van der Waals surface area (Å²) in [6, 6.07) is 9.99. The minimum absolute atomic E-state index is 0.184. The van der Waals surface area contributed by atoms with Gasteiger partial charge in [-0.3, -0.25) is 0 Å². The van der Waals surface area contributed by atoms with Crippen LogP contribution in [0.15, 0.2) is 34.7 Å². The summed E-state index contributed by atoms with van der Waals surface area (Å²) in [6.07, 6.45) is 0. The highest BCUT2D eigenvalue weighted by Crippen LogP contribution is 2.32. The number of hydrogen-bond acceptors (Lipinski definition) is 6. The number of para-hydroxylation sites is 1. The monoisotopic (exact) mass is 344 g/mol. The Bertz CT molecular complexity index is 944. The maximum atomic E-state index is 5.89. The number of rotatable bonds is 3. The minimum Gasteiger partial charge on any atom is -0.453 e. The lowest BCUT2D eigenvalue weighted by atomic mass is 10.2. The van der Waals surface area contributed by atoms with Crippen LogP contribution in [-0.4, -0.2) is 24.6 Å². The SMILES string of the molecule is CC(C)(C)SCc1nnc2sc(-c3cc4ccccc4o3)nn12. The molecular formula is C16H16N4OS2. The number of aromatic nitrogens is 4. The fraction of sp³-hybridized carbons (Fsp3) is 0.312. The van der Waals surface area contributed by atoms with Gasteiger partial charge in [-0.05, 0) is 12.1 Å². The summed E-state index contributed by atoms with van der Waals surface area (Å²) in [4.78, 5) is 0.796. The molecule has 0 aliphatic carbocycles. The third kappa shape index (κ3) is 2.86. The van der Waals surface area contributed by atoms with Gasteiger partial charge >= 0.3 is 0 Å². The van der Waals surface area contributed by atoms with E-state index in [0.717, 1.165) is 38.3 Å². The first-order valence-electron chi connectivity index (χ1n) is 7.34. The van der Waals surface area contributed by atoms with E-state index in [1.54, 1.807) is 0 Å². The van der Waals surface area contributed by atoms with Crippen LogP contribution in [0.25, 0.3) is 26.7 Å². The normalized spacial score (nSPS) is 12.5. The highest BCUT2D eigenvalue weighted by molar-refractivity contribution is 7.99. The summed E-state index contributed by atoms with van der Waals surface area (Å²) < 4.78 is 7.90. The number of nitrogens with zero attached hydrogens (tertiary/aromatic N) is 4. The van der Waals surface area contributed by atoms with E-state index in [0.29, 0.717) is 0 Å². The van der Waals surface area contributed by atoms with Crippen molar-refractivity contribution in [3.05, 3.63) is 36.2 Å². The highest BCUT2D eigenvalue weighted by Gasteiger charge is 2.18. The van der Waals surface area contributed by atoms with Gasteiger partial charge in [-0.15, -0.1) is 27.1 Å². The number of thioether (sulfide) groups is 1. The molecule has 5 nitrogen and oxygen atoms in total. The molecule has 0 saturated carbocycles. The van der Waals surface area contributed by atoms with Gasteiger partial charge in [0, 0.05) is 10.1 Å². The Morgan fingerprint density at radius 2 is 2.04 bits per heavy atom. The first-order valence-corrected chi connectivity index (χ1v) is 9.14. The van der Waals surface area contributed by atoms with Crippen LogP contribution in [0.4, 0.5) is 0 Å². The van der Waals surface area contributed by atoms with Crippen molar-refractivity contribution in [3.8, 4) is 10.8 Å². The Kier molecular flexibility index (Phi) is 3.42. The standard InChI is InChI=1S/C16H16N4OS2/c1-16(2,3)22-9-13-17-18-15-20(13)19-14(23-15)12-8-10-6-4-5-7-11(10)21-12/h4-8H,9H2,1-3H3. The molecule has 0 bridgehead atoms. The molecule has 1 aromatic carbocycles. The third-order valence-electron chi connectivity index (χ3n) is 3.33. The predicted octanol–water partition coefficient (Wildman–Crippen LogP) is 4.63. The van der Waals surface area contributed by atoms with Crippen LogP contribution >= 0.6 is 23.1 Å². The lowest BCUT2D eigenvalue weighted by molar-refractivity contribution is 0.628. The lowest BCUT2D eigenvalue weighted by Gasteiger charge is -2.15. The van der Waals surface area contributed by atoms with E-state index in [-0.39, 0.29) is 4.75 Å². The molecule has 3 aromatic heterocycles. The fourth-order valence-electron chi connectivity index (χ4n) is 2.22. The van der Waals surface area contributed by atoms with Gasteiger partial charge < -0.3 is 4.42 Å². The van der Waals surface area contributed by atoms with E-state index in [1.807, 2.05) is 46.6 Å². The predicted molar refractivity (Wildman–Crippen MR) is 94.9 cm³/mol. The molecule has 0 aliphatic heterocycles. The molecule has 0 aliphatic rings. The Morgan fingerprint density at radius 1 is 1.22 bits per heavy atom. The first-order chi connectivity index (χ1) is 11.0. The summed E-state index contributed by atoms with van der Waals surface area (Å²) >= 11 is 3.33. The molecular weight excluding hydrogens is 328 g/mol. The fourth-order valence-corrected chi connectivity index (χ4v) is 3.77. The van der Waals surface area contributed by atoms with Crippen LogP contribution in [0.5, 0.6) is 0 Å². The van der Waals surface area contributed by atoms with E-state index in [2.05, 4.69) is 36.1 Å². The van der Waals surface area contributed by atoms with Crippen molar-refractivity contribution in [2.24, 2.45) is 0 Å². The molecule has 4 rings (SSSR count). The summed E-state index contributed by atoms with van der Waals surface area (Å²) in [6.45, 7) is 6.57. The maximum Gasteiger partial charge on any atom is 0.235 e. The quantitative estimate of drug-likeness (QED) is 0.542. The average molecular weight is 344 g/mol. The third-order valence-corrected chi connectivity index (χ3v) is 5.51. The molecule has 0 atom stereocenters. The van der Waals surface area contributed by atoms with Crippen LogP contribution < -0.4 is 0 Å². The largest absolute Gasteiger partial charge is 0.453 e. The highest BCUT2D eigenvalue weighted by atomic mass is 32.2. The zero-order valence-corrected chi connectivity index (χ0v) is 14.7. The van der Waals surface area contributed by atoms with E-state index in [4.69, 9.17) is 4.42 Å². The molecule has 0 radical (unpaired) electrons. The Morgan fingerprint density at radius 3 is 2.83 bits per heavy atom. The van der Waals surface area contributed by atoms with Crippen molar-refractivity contribution in [1.29, 1.82) is 0 Å². The van der Waals surface area contributed by atoms with Gasteiger partial charge in [-0.1, -0.05) is 50.3 Å². The van der Waals surface area contributed by atoms with E-state index in [9.17, 15) is 0 Å². The molecule has 0 spiro atoms. The Hall–Kier alpha value is -1.86. The molecule has 4 aromatic rings. The van der Waals surface area contributed by atoms with Crippen LogP contribution in [-0.2, 0) is 5.75 Å². The van der Waals surface area contributed by atoms with E-state index in [1.165, 1.54) is 11.3 Å². The second-order valence-corrected chi connectivity index (χ2v) is 9.03. The summed E-state index contributed by atoms with van der Waals surface area (Å²) in [5.74, 6) is 2.43. The second kappa shape index (κ2) is 5.35. The number of fused-ring (bicyclic) bond motifs is 2.